The first-order chi connectivity index (χ1) is 10.3. The van der Waals surface area contributed by atoms with Crippen molar-refractivity contribution in [2.24, 2.45) is 0 Å². The Kier molecular flexibility index (Phi) is 5.25. The van der Waals surface area contributed by atoms with Gasteiger partial charge in [0.05, 0.1) is 12.2 Å². The van der Waals surface area contributed by atoms with Gasteiger partial charge in [0.1, 0.15) is 0 Å². The molecule has 1 atom stereocenters. The summed E-state index contributed by atoms with van der Waals surface area (Å²) in [4.78, 5) is 2.66. The second kappa shape index (κ2) is 7.36. The van der Waals surface area contributed by atoms with Crippen LogP contribution in [0.3, 0.4) is 0 Å². The van der Waals surface area contributed by atoms with Crippen LogP contribution in [0, 0.1) is 0 Å². The minimum Gasteiger partial charge on any atom is -0.308 e. The fourth-order valence-electron chi connectivity index (χ4n) is 3.29. The van der Waals surface area contributed by atoms with Gasteiger partial charge in [0.25, 0.3) is 0 Å². The van der Waals surface area contributed by atoms with Crippen molar-refractivity contribution >= 4 is 0 Å². The maximum absolute atomic E-state index is 4.27. The Hall–Kier alpha value is -0.940. The maximum atomic E-state index is 4.27. The summed E-state index contributed by atoms with van der Waals surface area (Å²) < 4.78 is 2.02. The minimum absolute atomic E-state index is 0.734. The molecule has 1 saturated heterocycles. The number of hydrogen-bond donors (Lipinski definition) is 1. The highest BCUT2D eigenvalue weighted by Gasteiger charge is 2.21. The van der Waals surface area contributed by atoms with Gasteiger partial charge in [-0.1, -0.05) is 25.0 Å². The van der Waals surface area contributed by atoms with Gasteiger partial charge in [-0.05, 0) is 38.6 Å². The molecule has 0 aromatic carbocycles. The molecule has 1 unspecified atom stereocenters. The topological polar surface area (TPSA) is 46.0 Å². The molecular weight excluding hydrogens is 262 g/mol. The van der Waals surface area contributed by atoms with Gasteiger partial charge in [-0.2, -0.15) is 0 Å². The quantitative estimate of drug-likeness (QED) is 0.836. The van der Waals surface area contributed by atoms with Gasteiger partial charge >= 0.3 is 0 Å². The Bertz CT molecular complexity index is 426. The fourth-order valence-corrected chi connectivity index (χ4v) is 3.29. The molecule has 0 amide bonds. The number of aromatic nitrogens is 3. The van der Waals surface area contributed by atoms with E-state index in [9.17, 15) is 0 Å². The third-order valence-electron chi connectivity index (χ3n) is 4.82. The zero-order valence-corrected chi connectivity index (χ0v) is 13.3. The monoisotopic (exact) mass is 291 g/mol. The van der Waals surface area contributed by atoms with Crippen molar-refractivity contribution in [3.63, 3.8) is 0 Å². The lowest BCUT2D eigenvalue weighted by Crippen LogP contribution is -2.36. The predicted octanol–water partition coefficient (Wildman–Crippen LogP) is 2.18. The second-order valence-electron chi connectivity index (χ2n) is 6.58. The van der Waals surface area contributed by atoms with Gasteiger partial charge in [-0.15, -0.1) is 5.10 Å². The van der Waals surface area contributed by atoms with Crippen LogP contribution >= 0.6 is 0 Å². The molecule has 3 rings (SSSR count). The first-order valence-electron chi connectivity index (χ1n) is 8.71. The van der Waals surface area contributed by atoms with Crippen LogP contribution in [0.25, 0.3) is 0 Å². The second-order valence-corrected chi connectivity index (χ2v) is 6.58. The van der Waals surface area contributed by atoms with Crippen LogP contribution < -0.4 is 5.32 Å². The molecule has 1 aromatic heterocycles. The summed E-state index contributed by atoms with van der Waals surface area (Å²) in [6.07, 6.45) is 11.5. The van der Waals surface area contributed by atoms with Crippen LogP contribution in [0.1, 0.15) is 57.6 Å². The van der Waals surface area contributed by atoms with E-state index in [0.717, 1.165) is 37.4 Å². The molecule has 21 heavy (non-hydrogen) atoms. The molecule has 2 heterocycles. The lowest BCUT2D eigenvalue weighted by Gasteiger charge is -2.28. The van der Waals surface area contributed by atoms with Gasteiger partial charge in [0, 0.05) is 31.4 Å². The van der Waals surface area contributed by atoms with E-state index in [2.05, 4.69) is 33.6 Å². The first-order valence-corrected chi connectivity index (χ1v) is 8.71. The molecule has 5 heteroatoms. The summed E-state index contributed by atoms with van der Waals surface area (Å²) in [5.41, 5.74) is 1.07. The zero-order chi connectivity index (χ0) is 14.5. The average molecular weight is 291 g/mol. The largest absolute Gasteiger partial charge is 0.308 e. The third-order valence-corrected chi connectivity index (χ3v) is 4.82. The lowest BCUT2D eigenvalue weighted by atomic mass is 10.1. The molecule has 0 spiro atoms. The van der Waals surface area contributed by atoms with E-state index in [1.807, 2.05) is 4.68 Å². The van der Waals surface area contributed by atoms with Crippen LogP contribution in [0.4, 0.5) is 0 Å². The number of nitrogens with zero attached hydrogens (tertiary/aromatic N) is 4. The third kappa shape index (κ3) is 4.51. The van der Waals surface area contributed by atoms with Crippen molar-refractivity contribution in [3.05, 3.63) is 11.9 Å². The number of nitrogens with one attached hydrogen (secondary N) is 1. The molecule has 2 aliphatic rings. The average Bonchev–Trinajstić information content (AvgIpc) is 3.27. The summed E-state index contributed by atoms with van der Waals surface area (Å²) in [5.74, 6) is 0. The minimum atomic E-state index is 0.734. The lowest BCUT2D eigenvalue weighted by molar-refractivity contribution is 0.184. The zero-order valence-electron chi connectivity index (χ0n) is 13.3. The highest BCUT2D eigenvalue weighted by molar-refractivity contribution is 4.94. The van der Waals surface area contributed by atoms with Crippen molar-refractivity contribution < 1.29 is 0 Å². The summed E-state index contributed by atoms with van der Waals surface area (Å²) in [6, 6.07) is 1.50. The highest BCUT2D eigenvalue weighted by Crippen LogP contribution is 2.19. The first kappa shape index (κ1) is 15.0. The molecule has 118 valence electrons. The van der Waals surface area contributed by atoms with Crippen molar-refractivity contribution in [1.82, 2.24) is 25.2 Å². The van der Waals surface area contributed by atoms with Crippen LogP contribution in [-0.4, -0.2) is 45.1 Å². The number of hydrogen-bond acceptors (Lipinski definition) is 4. The summed E-state index contributed by atoms with van der Waals surface area (Å²) in [7, 11) is 0. The smallest absolute Gasteiger partial charge is 0.0964 e. The summed E-state index contributed by atoms with van der Waals surface area (Å²) in [5, 5.41) is 12.0. The molecule has 1 N–H and O–H groups in total. The molecule has 1 saturated carbocycles. The van der Waals surface area contributed by atoms with E-state index in [1.165, 1.54) is 51.5 Å². The van der Waals surface area contributed by atoms with E-state index >= 15 is 0 Å². The van der Waals surface area contributed by atoms with E-state index in [-0.39, 0.29) is 0 Å². The molecule has 0 radical (unpaired) electrons. The Morgan fingerprint density at radius 3 is 2.90 bits per heavy atom. The Labute approximate surface area is 128 Å². The molecule has 2 fully saturated rings. The molecular formula is C16H29N5. The highest BCUT2D eigenvalue weighted by atomic mass is 15.4. The molecule has 0 bridgehead atoms. The summed E-state index contributed by atoms with van der Waals surface area (Å²) >= 11 is 0. The normalized spacial score (nSPS) is 24.1. The van der Waals surface area contributed by atoms with E-state index in [4.69, 9.17) is 0 Å². The van der Waals surface area contributed by atoms with Gasteiger partial charge in [-0.3, -0.25) is 9.58 Å². The maximum Gasteiger partial charge on any atom is 0.0964 e. The van der Waals surface area contributed by atoms with Crippen LogP contribution in [-0.2, 0) is 13.1 Å². The van der Waals surface area contributed by atoms with Crippen molar-refractivity contribution in [3.8, 4) is 0 Å². The predicted molar refractivity (Wildman–Crippen MR) is 84.0 cm³/mol. The standard InChI is InChI=1S/C16H29N5/c1-2-16-6-4-3-5-9-20(16)10-11-21-13-15(18-19-21)12-17-14-7-8-14/h13-14,16-17H,2-12H2,1H3. The Morgan fingerprint density at radius 2 is 2.10 bits per heavy atom. The SMILES string of the molecule is CCC1CCCCCN1CCn1cc(CNC2CC2)nn1. The molecule has 1 aliphatic heterocycles. The molecule has 1 aromatic rings. The van der Waals surface area contributed by atoms with E-state index in [0.29, 0.717) is 0 Å². The van der Waals surface area contributed by atoms with Gasteiger partial charge in [0.15, 0.2) is 0 Å². The van der Waals surface area contributed by atoms with Crippen LogP contribution in [0.15, 0.2) is 6.20 Å². The van der Waals surface area contributed by atoms with Crippen LogP contribution in [0.5, 0.6) is 0 Å². The van der Waals surface area contributed by atoms with E-state index in [1.54, 1.807) is 0 Å². The van der Waals surface area contributed by atoms with Crippen molar-refractivity contribution in [2.75, 3.05) is 13.1 Å². The Morgan fingerprint density at radius 1 is 1.19 bits per heavy atom. The number of rotatable bonds is 7. The van der Waals surface area contributed by atoms with Gasteiger partial charge in [0.2, 0.25) is 0 Å². The van der Waals surface area contributed by atoms with Crippen LogP contribution in [0.2, 0.25) is 0 Å². The van der Waals surface area contributed by atoms with E-state index < -0.39 is 0 Å². The van der Waals surface area contributed by atoms with Crippen molar-refractivity contribution in [1.29, 1.82) is 0 Å². The van der Waals surface area contributed by atoms with Gasteiger partial charge in [-0.25, -0.2) is 0 Å². The van der Waals surface area contributed by atoms with Gasteiger partial charge < -0.3 is 5.32 Å². The summed E-state index contributed by atoms with van der Waals surface area (Å²) in [6.45, 7) is 6.51. The number of likely N-dealkylation sites (tertiary alicyclic amines) is 1. The van der Waals surface area contributed by atoms with Crippen molar-refractivity contribution in [2.45, 2.75) is 77.0 Å². The Balaban J connectivity index is 1.46. The molecule has 5 nitrogen and oxygen atoms in total. The molecule has 1 aliphatic carbocycles. The fraction of sp³-hybridized carbons (Fsp3) is 0.875.